The Morgan fingerprint density at radius 1 is 0.727 bits per heavy atom. The van der Waals surface area contributed by atoms with E-state index in [-0.39, 0.29) is 0 Å². The highest BCUT2D eigenvalue weighted by atomic mass is 16.5. The molecule has 2 heteroatoms. The third-order valence-electron chi connectivity index (χ3n) is 4.20. The molecule has 4 rings (SSSR count). The summed E-state index contributed by atoms with van der Waals surface area (Å²) in [6.45, 7) is 3.49. The topological polar surface area (TPSA) is 18.5 Å². The highest BCUT2D eigenvalue weighted by molar-refractivity contribution is 6.03. The van der Waals surface area contributed by atoms with Crippen molar-refractivity contribution in [1.82, 2.24) is 0 Å². The third kappa shape index (κ3) is 2.12. The lowest BCUT2D eigenvalue weighted by atomic mass is 9.94. The fourth-order valence-electron chi connectivity index (χ4n) is 3.10. The average Bonchev–Trinajstić information content (AvgIpc) is 2.56. The molecule has 110 valence electrons. The Bertz CT molecular complexity index is 836. The summed E-state index contributed by atoms with van der Waals surface area (Å²) in [5.41, 5.74) is 3.57. The molecule has 22 heavy (non-hydrogen) atoms. The van der Waals surface area contributed by atoms with Crippen LogP contribution in [0, 0.1) is 6.92 Å². The van der Waals surface area contributed by atoms with Gasteiger partial charge in [0, 0.05) is 17.4 Å². The summed E-state index contributed by atoms with van der Waals surface area (Å²) >= 11 is 0. The monoisotopic (exact) mass is 290 g/mol. The zero-order valence-corrected chi connectivity index (χ0v) is 12.6. The van der Waals surface area contributed by atoms with Crippen molar-refractivity contribution in [3.63, 3.8) is 0 Å². The Labute approximate surface area is 130 Å². The Morgan fingerprint density at radius 2 is 1.50 bits per heavy atom. The van der Waals surface area contributed by atoms with Gasteiger partial charge in [-0.25, -0.2) is 0 Å². The normalized spacial score (nSPS) is 13.9. The Hall–Kier alpha value is -2.48. The van der Waals surface area contributed by atoms with E-state index in [9.17, 15) is 0 Å². The summed E-state index contributed by atoms with van der Waals surface area (Å²) in [6, 6.07) is 18.9. The van der Waals surface area contributed by atoms with Crippen molar-refractivity contribution in [3.8, 4) is 22.6 Å². The van der Waals surface area contributed by atoms with Crippen LogP contribution < -0.4 is 9.47 Å². The largest absolute Gasteiger partial charge is 0.493 e. The van der Waals surface area contributed by atoms with Gasteiger partial charge in [-0.3, -0.25) is 0 Å². The Morgan fingerprint density at radius 3 is 2.41 bits per heavy atom. The molecule has 2 nitrogen and oxygen atoms in total. The molecule has 0 fully saturated rings. The second-order valence-electron chi connectivity index (χ2n) is 5.66. The summed E-state index contributed by atoms with van der Waals surface area (Å²) in [6.07, 6.45) is 0.881. The van der Waals surface area contributed by atoms with E-state index in [0.29, 0.717) is 13.2 Å². The first-order valence-electron chi connectivity index (χ1n) is 7.72. The lowest BCUT2D eigenvalue weighted by molar-refractivity contribution is 0.249. The van der Waals surface area contributed by atoms with Gasteiger partial charge in [0.25, 0.3) is 0 Å². The van der Waals surface area contributed by atoms with Crippen molar-refractivity contribution < 1.29 is 9.47 Å². The van der Waals surface area contributed by atoms with E-state index in [2.05, 4.69) is 49.4 Å². The Kier molecular flexibility index (Phi) is 3.23. The van der Waals surface area contributed by atoms with Crippen molar-refractivity contribution in [1.29, 1.82) is 0 Å². The molecule has 0 amide bonds. The first kappa shape index (κ1) is 13.2. The minimum atomic E-state index is 0.675. The SMILES string of the molecule is Cc1ccc2c3c(cccc13)-c1ccccc1OCCCO2. The number of hydrogen-bond donors (Lipinski definition) is 0. The molecule has 0 N–H and O–H groups in total. The van der Waals surface area contributed by atoms with Crippen molar-refractivity contribution in [2.24, 2.45) is 0 Å². The van der Waals surface area contributed by atoms with Crippen LogP contribution in [0.4, 0.5) is 0 Å². The molecule has 0 unspecified atom stereocenters. The molecule has 1 aliphatic heterocycles. The van der Waals surface area contributed by atoms with Gasteiger partial charge in [0.05, 0.1) is 13.2 Å². The van der Waals surface area contributed by atoms with Gasteiger partial charge in [-0.05, 0) is 35.6 Å². The molecular formula is C20H18O2. The second-order valence-corrected chi connectivity index (χ2v) is 5.66. The van der Waals surface area contributed by atoms with E-state index in [1.54, 1.807) is 0 Å². The summed E-state index contributed by atoms with van der Waals surface area (Å²) in [5, 5.41) is 2.42. The van der Waals surface area contributed by atoms with Crippen LogP contribution in [-0.2, 0) is 0 Å². The predicted octanol–water partition coefficient (Wildman–Crippen LogP) is 4.98. The van der Waals surface area contributed by atoms with Crippen LogP contribution in [0.25, 0.3) is 21.9 Å². The van der Waals surface area contributed by atoms with Gasteiger partial charge in [-0.1, -0.05) is 42.5 Å². The molecule has 0 bridgehead atoms. The predicted molar refractivity (Wildman–Crippen MR) is 89.7 cm³/mol. The molecule has 1 aliphatic rings. The standard InChI is InChI=1S/C20H18O2/c1-14-10-11-19-20-15(14)7-4-8-17(20)16-6-2-3-9-18(16)21-12-5-13-22-19/h2-4,6-11H,5,12-13H2,1H3. The van der Waals surface area contributed by atoms with Gasteiger partial charge >= 0.3 is 0 Å². The summed E-state index contributed by atoms with van der Waals surface area (Å²) in [4.78, 5) is 0. The maximum absolute atomic E-state index is 6.03. The van der Waals surface area contributed by atoms with E-state index in [0.717, 1.165) is 23.5 Å². The zero-order chi connectivity index (χ0) is 14.9. The van der Waals surface area contributed by atoms with E-state index in [1.807, 2.05) is 12.1 Å². The van der Waals surface area contributed by atoms with Gasteiger partial charge in [0.1, 0.15) is 11.5 Å². The van der Waals surface area contributed by atoms with Crippen molar-refractivity contribution in [2.75, 3.05) is 13.2 Å². The first-order valence-corrected chi connectivity index (χ1v) is 7.72. The van der Waals surface area contributed by atoms with Gasteiger partial charge < -0.3 is 9.47 Å². The van der Waals surface area contributed by atoms with Crippen LogP contribution in [0.15, 0.2) is 54.6 Å². The highest BCUT2D eigenvalue weighted by Crippen LogP contribution is 2.40. The molecule has 0 atom stereocenters. The van der Waals surface area contributed by atoms with Gasteiger partial charge in [-0.15, -0.1) is 0 Å². The first-order chi connectivity index (χ1) is 10.8. The zero-order valence-electron chi connectivity index (χ0n) is 12.6. The van der Waals surface area contributed by atoms with Gasteiger partial charge in [-0.2, -0.15) is 0 Å². The van der Waals surface area contributed by atoms with Gasteiger partial charge in [0.15, 0.2) is 0 Å². The van der Waals surface area contributed by atoms with Crippen molar-refractivity contribution >= 4 is 10.8 Å². The summed E-state index contributed by atoms with van der Waals surface area (Å²) < 4.78 is 12.0. The Balaban J connectivity index is 2.10. The van der Waals surface area contributed by atoms with E-state index in [1.165, 1.54) is 21.9 Å². The molecular weight excluding hydrogens is 272 g/mol. The highest BCUT2D eigenvalue weighted by Gasteiger charge is 2.15. The number of rotatable bonds is 0. The van der Waals surface area contributed by atoms with E-state index in [4.69, 9.17) is 9.47 Å². The molecule has 0 radical (unpaired) electrons. The molecule has 3 aromatic rings. The molecule has 0 saturated carbocycles. The van der Waals surface area contributed by atoms with E-state index >= 15 is 0 Å². The molecule has 3 aromatic carbocycles. The number of ether oxygens (including phenoxy) is 2. The lowest BCUT2D eigenvalue weighted by Crippen LogP contribution is -2.07. The fraction of sp³-hybridized carbons (Fsp3) is 0.200. The molecule has 0 saturated heterocycles. The van der Waals surface area contributed by atoms with Crippen LogP contribution in [0.3, 0.4) is 0 Å². The smallest absolute Gasteiger partial charge is 0.127 e. The minimum absolute atomic E-state index is 0.675. The van der Waals surface area contributed by atoms with Crippen LogP contribution in [0.1, 0.15) is 12.0 Å². The number of hydrogen-bond acceptors (Lipinski definition) is 2. The van der Waals surface area contributed by atoms with Crippen LogP contribution in [0.2, 0.25) is 0 Å². The summed E-state index contributed by atoms with van der Waals surface area (Å²) in [5.74, 6) is 1.91. The van der Waals surface area contributed by atoms with Crippen molar-refractivity contribution in [3.05, 3.63) is 60.2 Å². The van der Waals surface area contributed by atoms with Crippen LogP contribution >= 0.6 is 0 Å². The van der Waals surface area contributed by atoms with Crippen LogP contribution in [-0.4, -0.2) is 13.2 Å². The number of benzene rings is 3. The lowest BCUT2D eigenvalue weighted by Gasteiger charge is -2.19. The maximum Gasteiger partial charge on any atom is 0.127 e. The van der Waals surface area contributed by atoms with Crippen molar-refractivity contribution in [2.45, 2.75) is 13.3 Å². The fourth-order valence-corrected chi connectivity index (χ4v) is 3.10. The van der Waals surface area contributed by atoms with Crippen LogP contribution in [0.5, 0.6) is 11.5 Å². The summed E-state index contributed by atoms with van der Waals surface area (Å²) in [7, 11) is 0. The van der Waals surface area contributed by atoms with Gasteiger partial charge in [0.2, 0.25) is 0 Å². The molecule has 0 aromatic heterocycles. The maximum atomic E-state index is 6.03. The minimum Gasteiger partial charge on any atom is -0.493 e. The molecule has 0 spiro atoms. The third-order valence-corrected chi connectivity index (χ3v) is 4.20. The molecule has 0 aliphatic carbocycles. The quantitative estimate of drug-likeness (QED) is 0.581. The number of fused-ring (bicyclic) bond motifs is 2. The van der Waals surface area contributed by atoms with E-state index < -0.39 is 0 Å². The average molecular weight is 290 g/mol. The second kappa shape index (κ2) is 5.38. The number of para-hydroxylation sites is 1. The number of aryl methyl sites for hydroxylation is 1. The molecule has 1 heterocycles.